The summed E-state index contributed by atoms with van der Waals surface area (Å²) in [5, 5.41) is 0. The van der Waals surface area contributed by atoms with Gasteiger partial charge in [0.2, 0.25) is 0 Å². The minimum Gasteiger partial charge on any atom is -0.469 e. The molecule has 0 aliphatic rings. The van der Waals surface area contributed by atoms with Gasteiger partial charge in [0.25, 0.3) is 0 Å². The molecule has 1 aromatic carbocycles. The second-order valence-corrected chi connectivity index (χ2v) is 2.48. The lowest BCUT2D eigenvalue weighted by Crippen LogP contribution is -1.97. The Hall–Kier alpha value is -1.31. The summed E-state index contributed by atoms with van der Waals surface area (Å²) in [5.41, 5.74) is 0. The van der Waals surface area contributed by atoms with E-state index in [0.29, 0.717) is 6.42 Å². The smallest absolute Gasteiger partial charge is 0.305 e. The van der Waals surface area contributed by atoms with Crippen LogP contribution in [0.2, 0.25) is 0 Å². The van der Waals surface area contributed by atoms with Gasteiger partial charge in [-0.25, -0.2) is 0 Å². The highest BCUT2D eigenvalue weighted by atomic mass is 16.5. The van der Waals surface area contributed by atoms with Crippen LogP contribution in [0.3, 0.4) is 0 Å². The van der Waals surface area contributed by atoms with E-state index in [-0.39, 0.29) is 5.97 Å². The maximum Gasteiger partial charge on any atom is 0.305 e. The average molecular weight is 180 g/mol. The number of esters is 1. The summed E-state index contributed by atoms with van der Waals surface area (Å²) in [6, 6.07) is 12.0. The molecule has 0 aliphatic heterocycles. The van der Waals surface area contributed by atoms with Crippen molar-refractivity contribution in [3.05, 3.63) is 36.4 Å². The highest BCUT2D eigenvalue weighted by molar-refractivity contribution is 5.68. The van der Waals surface area contributed by atoms with Gasteiger partial charge in [-0.15, -0.1) is 0 Å². The molecule has 72 valence electrons. The third-order valence-electron chi connectivity index (χ3n) is 1.35. The lowest BCUT2D eigenvalue weighted by molar-refractivity contribution is -0.140. The predicted octanol–water partition coefficient (Wildman–Crippen LogP) is 2.65. The standard InChI is InChI=1S/C6H6.C5H10O2/c1-2-4-6-5-3-1;1-3-4-5(6)7-2/h1-6H;3-4H2,1-2H3. The Kier molecular flexibility index (Phi) is 7.90. The Morgan fingerprint density at radius 1 is 1.08 bits per heavy atom. The van der Waals surface area contributed by atoms with Crippen molar-refractivity contribution >= 4 is 5.97 Å². The zero-order valence-electron chi connectivity index (χ0n) is 8.19. The fourth-order valence-electron chi connectivity index (χ4n) is 0.691. The second-order valence-electron chi connectivity index (χ2n) is 2.48. The van der Waals surface area contributed by atoms with Crippen molar-refractivity contribution < 1.29 is 9.53 Å². The first-order chi connectivity index (χ1) is 6.31. The van der Waals surface area contributed by atoms with Crippen LogP contribution in [0.4, 0.5) is 0 Å². The highest BCUT2D eigenvalue weighted by Crippen LogP contribution is 1.86. The van der Waals surface area contributed by atoms with Crippen molar-refractivity contribution in [2.24, 2.45) is 0 Å². The van der Waals surface area contributed by atoms with Gasteiger partial charge < -0.3 is 4.74 Å². The van der Waals surface area contributed by atoms with Crippen molar-refractivity contribution in [3.63, 3.8) is 0 Å². The summed E-state index contributed by atoms with van der Waals surface area (Å²) in [7, 11) is 1.40. The fraction of sp³-hybridized carbons (Fsp3) is 0.364. The molecule has 13 heavy (non-hydrogen) atoms. The first-order valence-corrected chi connectivity index (χ1v) is 4.38. The molecule has 0 aromatic heterocycles. The van der Waals surface area contributed by atoms with E-state index in [9.17, 15) is 4.79 Å². The molecule has 0 heterocycles. The van der Waals surface area contributed by atoms with Gasteiger partial charge in [0, 0.05) is 6.42 Å². The van der Waals surface area contributed by atoms with E-state index in [0.717, 1.165) is 6.42 Å². The molecule has 1 rings (SSSR count). The van der Waals surface area contributed by atoms with Crippen molar-refractivity contribution in [1.82, 2.24) is 0 Å². The molecule has 2 nitrogen and oxygen atoms in total. The molecule has 0 saturated carbocycles. The van der Waals surface area contributed by atoms with E-state index in [1.54, 1.807) is 0 Å². The molecular weight excluding hydrogens is 164 g/mol. The quantitative estimate of drug-likeness (QED) is 0.654. The average Bonchev–Trinajstić information content (AvgIpc) is 2.22. The van der Waals surface area contributed by atoms with Crippen molar-refractivity contribution in [1.29, 1.82) is 0 Å². The summed E-state index contributed by atoms with van der Waals surface area (Å²) in [6.07, 6.45) is 1.41. The Morgan fingerprint density at radius 3 is 1.62 bits per heavy atom. The van der Waals surface area contributed by atoms with Crippen LogP contribution < -0.4 is 0 Å². The maximum absolute atomic E-state index is 10.2. The molecule has 0 aliphatic carbocycles. The van der Waals surface area contributed by atoms with Crippen molar-refractivity contribution in [3.8, 4) is 0 Å². The largest absolute Gasteiger partial charge is 0.469 e. The number of hydrogen-bond acceptors (Lipinski definition) is 2. The molecule has 0 atom stereocenters. The molecule has 2 heteroatoms. The molecule has 0 bridgehead atoms. The minimum absolute atomic E-state index is 0.123. The lowest BCUT2D eigenvalue weighted by Gasteiger charge is -1.91. The Balaban J connectivity index is 0.000000223. The zero-order chi connectivity index (χ0) is 9.94. The maximum atomic E-state index is 10.2. The van der Waals surface area contributed by atoms with Crippen molar-refractivity contribution in [2.45, 2.75) is 19.8 Å². The number of ether oxygens (including phenoxy) is 1. The fourth-order valence-corrected chi connectivity index (χ4v) is 0.691. The van der Waals surface area contributed by atoms with E-state index >= 15 is 0 Å². The number of carbonyl (C=O) groups excluding carboxylic acids is 1. The minimum atomic E-state index is -0.123. The monoisotopic (exact) mass is 180 g/mol. The third kappa shape index (κ3) is 8.60. The summed E-state index contributed by atoms with van der Waals surface area (Å²) in [4.78, 5) is 10.2. The molecule has 1 aromatic rings. The number of hydrogen-bond donors (Lipinski definition) is 0. The molecule has 0 fully saturated rings. The van der Waals surface area contributed by atoms with Gasteiger partial charge in [-0.3, -0.25) is 4.79 Å². The van der Waals surface area contributed by atoms with Crippen LogP contribution in [-0.4, -0.2) is 13.1 Å². The summed E-state index contributed by atoms with van der Waals surface area (Å²) < 4.78 is 4.35. The summed E-state index contributed by atoms with van der Waals surface area (Å²) in [6.45, 7) is 1.94. The van der Waals surface area contributed by atoms with Crippen LogP contribution in [0.15, 0.2) is 36.4 Å². The van der Waals surface area contributed by atoms with E-state index in [1.165, 1.54) is 7.11 Å². The van der Waals surface area contributed by atoms with Crippen LogP contribution >= 0.6 is 0 Å². The third-order valence-corrected chi connectivity index (χ3v) is 1.35. The number of benzene rings is 1. The molecular formula is C11H16O2. The molecule has 0 spiro atoms. The van der Waals surface area contributed by atoms with E-state index in [1.807, 2.05) is 43.3 Å². The molecule has 0 N–H and O–H groups in total. The summed E-state index contributed by atoms with van der Waals surface area (Å²) >= 11 is 0. The number of carbonyl (C=O) groups is 1. The highest BCUT2D eigenvalue weighted by Gasteiger charge is 1.92. The Labute approximate surface area is 79.5 Å². The lowest BCUT2D eigenvalue weighted by atomic mass is 10.3. The topological polar surface area (TPSA) is 26.3 Å². The Bertz CT molecular complexity index is 180. The van der Waals surface area contributed by atoms with Gasteiger partial charge in [-0.1, -0.05) is 43.3 Å². The van der Waals surface area contributed by atoms with E-state index in [4.69, 9.17) is 0 Å². The molecule has 0 unspecified atom stereocenters. The molecule has 0 radical (unpaired) electrons. The van der Waals surface area contributed by atoms with Gasteiger partial charge in [0.1, 0.15) is 0 Å². The summed E-state index contributed by atoms with van der Waals surface area (Å²) in [5.74, 6) is -0.123. The van der Waals surface area contributed by atoms with Gasteiger partial charge in [-0.2, -0.15) is 0 Å². The SMILES string of the molecule is CCCC(=O)OC.c1ccccc1. The predicted molar refractivity (Wildman–Crippen MR) is 53.4 cm³/mol. The first-order valence-electron chi connectivity index (χ1n) is 4.38. The first kappa shape index (κ1) is 11.7. The number of rotatable bonds is 2. The van der Waals surface area contributed by atoms with Gasteiger partial charge in [0.05, 0.1) is 7.11 Å². The van der Waals surface area contributed by atoms with E-state index < -0.39 is 0 Å². The second kappa shape index (κ2) is 8.78. The van der Waals surface area contributed by atoms with Gasteiger partial charge in [0.15, 0.2) is 0 Å². The normalized spacial score (nSPS) is 8.15. The van der Waals surface area contributed by atoms with Crippen LogP contribution in [0.25, 0.3) is 0 Å². The van der Waals surface area contributed by atoms with Gasteiger partial charge in [-0.05, 0) is 6.42 Å². The van der Waals surface area contributed by atoms with E-state index in [2.05, 4.69) is 4.74 Å². The van der Waals surface area contributed by atoms with Crippen molar-refractivity contribution in [2.75, 3.05) is 7.11 Å². The zero-order valence-corrected chi connectivity index (χ0v) is 8.19. The van der Waals surface area contributed by atoms with Crippen LogP contribution in [0.1, 0.15) is 19.8 Å². The Morgan fingerprint density at radius 2 is 1.46 bits per heavy atom. The van der Waals surface area contributed by atoms with Crippen LogP contribution in [0, 0.1) is 0 Å². The number of methoxy groups -OCH3 is 1. The van der Waals surface area contributed by atoms with Crippen LogP contribution in [-0.2, 0) is 9.53 Å². The van der Waals surface area contributed by atoms with Crippen LogP contribution in [0.5, 0.6) is 0 Å². The molecule has 0 amide bonds. The van der Waals surface area contributed by atoms with Gasteiger partial charge >= 0.3 is 5.97 Å². The molecule has 0 saturated heterocycles.